The molecule has 2 nitrogen and oxygen atoms in total. The number of hydrogen-bond donors (Lipinski definition) is 0. The van der Waals surface area contributed by atoms with Gasteiger partial charge in [0.15, 0.2) is 0 Å². The van der Waals surface area contributed by atoms with E-state index in [1.165, 1.54) is 0 Å². The molecule has 0 aromatic carbocycles. The Kier molecular flexibility index (Phi) is 2.53. The molecule has 1 aliphatic rings. The predicted octanol–water partition coefficient (Wildman–Crippen LogP) is 1.98. The van der Waals surface area contributed by atoms with Gasteiger partial charge in [-0.25, -0.2) is 0 Å². The maximum Gasteiger partial charge on any atom is 0.306 e. The summed E-state index contributed by atoms with van der Waals surface area (Å²) >= 11 is 0. The molecule has 1 heterocycles. The minimum absolute atomic E-state index is 0.0180. The molecule has 0 aromatic rings. The van der Waals surface area contributed by atoms with Gasteiger partial charge in [0.2, 0.25) is 0 Å². The molecule has 0 spiro atoms. The molecule has 0 amide bonds. The molecule has 0 radical (unpaired) electrons. The highest BCUT2D eigenvalue weighted by Gasteiger charge is 2.34. The van der Waals surface area contributed by atoms with Crippen molar-refractivity contribution in [3.63, 3.8) is 0 Å². The zero-order chi connectivity index (χ0) is 8.43. The topological polar surface area (TPSA) is 26.3 Å². The zero-order valence-corrected chi connectivity index (χ0v) is 7.46. The Morgan fingerprint density at radius 2 is 2.27 bits per heavy atom. The normalized spacial score (nSPS) is 31.1. The van der Waals surface area contributed by atoms with Crippen molar-refractivity contribution in [3.8, 4) is 0 Å². The minimum atomic E-state index is -0.0180. The van der Waals surface area contributed by atoms with Crippen LogP contribution in [0.5, 0.6) is 0 Å². The van der Waals surface area contributed by atoms with Crippen LogP contribution in [0, 0.1) is 11.8 Å². The van der Waals surface area contributed by atoms with E-state index in [0.29, 0.717) is 18.3 Å². The van der Waals surface area contributed by atoms with Gasteiger partial charge in [0.05, 0.1) is 6.42 Å². The highest BCUT2D eigenvalue weighted by atomic mass is 16.5. The van der Waals surface area contributed by atoms with Crippen LogP contribution in [0.3, 0.4) is 0 Å². The average molecular weight is 156 g/mol. The number of rotatable bonds is 2. The molecular formula is C9H16O2. The van der Waals surface area contributed by atoms with E-state index in [2.05, 4.69) is 20.8 Å². The molecule has 0 aromatic heterocycles. The van der Waals surface area contributed by atoms with Gasteiger partial charge in [0.1, 0.15) is 6.10 Å². The van der Waals surface area contributed by atoms with Gasteiger partial charge in [-0.1, -0.05) is 20.8 Å². The Morgan fingerprint density at radius 3 is 2.64 bits per heavy atom. The van der Waals surface area contributed by atoms with E-state index in [9.17, 15) is 4.79 Å². The Morgan fingerprint density at radius 1 is 1.64 bits per heavy atom. The van der Waals surface area contributed by atoms with Crippen LogP contribution in [0.2, 0.25) is 0 Å². The van der Waals surface area contributed by atoms with Crippen molar-refractivity contribution < 1.29 is 9.53 Å². The number of ether oxygens (including phenoxy) is 1. The van der Waals surface area contributed by atoms with Crippen LogP contribution in [-0.4, -0.2) is 12.1 Å². The Balaban J connectivity index is 2.57. The first-order chi connectivity index (χ1) is 5.15. The molecule has 0 unspecified atom stereocenters. The lowest BCUT2D eigenvalue weighted by Gasteiger charge is -2.18. The molecule has 1 saturated heterocycles. The van der Waals surface area contributed by atoms with E-state index in [1.807, 2.05) is 0 Å². The first-order valence-corrected chi connectivity index (χ1v) is 4.34. The summed E-state index contributed by atoms with van der Waals surface area (Å²) in [5.74, 6) is 0.995. The summed E-state index contributed by atoms with van der Waals surface area (Å²) in [6.45, 7) is 6.36. The SMILES string of the molecule is CC[C@@H]1OC(=O)C[C@@H]1C(C)C. The third-order valence-electron chi connectivity index (χ3n) is 2.42. The summed E-state index contributed by atoms with van der Waals surface area (Å²) in [6.07, 6.45) is 1.76. The molecule has 0 saturated carbocycles. The van der Waals surface area contributed by atoms with Gasteiger partial charge in [-0.2, -0.15) is 0 Å². The monoisotopic (exact) mass is 156 g/mol. The van der Waals surface area contributed by atoms with E-state index < -0.39 is 0 Å². The van der Waals surface area contributed by atoms with Gasteiger partial charge in [-0.05, 0) is 12.3 Å². The first kappa shape index (κ1) is 8.57. The van der Waals surface area contributed by atoms with Gasteiger partial charge in [-0.3, -0.25) is 4.79 Å². The second kappa shape index (κ2) is 3.24. The van der Waals surface area contributed by atoms with Crippen molar-refractivity contribution in [1.29, 1.82) is 0 Å². The Bertz CT molecular complexity index is 152. The lowest BCUT2D eigenvalue weighted by Crippen LogP contribution is -2.19. The fourth-order valence-electron chi connectivity index (χ4n) is 1.68. The van der Waals surface area contributed by atoms with Crippen LogP contribution in [0.25, 0.3) is 0 Å². The number of cyclic esters (lactones) is 1. The number of carbonyl (C=O) groups excluding carboxylic acids is 1. The summed E-state index contributed by atoms with van der Waals surface area (Å²) in [5.41, 5.74) is 0. The van der Waals surface area contributed by atoms with E-state index in [1.54, 1.807) is 0 Å². The van der Waals surface area contributed by atoms with E-state index >= 15 is 0 Å². The quantitative estimate of drug-likeness (QED) is 0.571. The van der Waals surface area contributed by atoms with E-state index in [4.69, 9.17) is 4.74 Å². The Labute approximate surface area is 67.9 Å². The summed E-state index contributed by atoms with van der Waals surface area (Å²) < 4.78 is 5.15. The summed E-state index contributed by atoms with van der Waals surface area (Å²) in [4.78, 5) is 10.9. The Hall–Kier alpha value is -0.530. The number of esters is 1. The van der Waals surface area contributed by atoms with Crippen molar-refractivity contribution >= 4 is 5.97 Å². The molecule has 0 bridgehead atoms. The second-order valence-electron chi connectivity index (χ2n) is 3.55. The summed E-state index contributed by atoms with van der Waals surface area (Å²) in [7, 11) is 0. The van der Waals surface area contributed by atoms with Crippen LogP contribution in [0.15, 0.2) is 0 Å². The molecular weight excluding hydrogens is 140 g/mol. The first-order valence-electron chi connectivity index (χ1n) is 4.34. The van der Waals surface area contributed by atoms with Crippen LogP contribution in [0.4, 0.5) is 0 Å². The van der Waals surface area contributed by atoms with Crippen molar-refractivity contribution in [3.05, 3.63) is 0 Å². The van der Waals surface area contributed by atoms with Crippen molar-refractivity contribution in [2.24, 2.45) is 11.8 Å². The van der Waals surface area contributed by atoms with Crippen molar-refractivity contribution in [2.75, 3.05) is 0 Å². The summed E-state index contributed by atoms with van der Waals surface area (Å²) in [6, 6.07) is 0. The zero-order valence-electron chi connectivity index (χ0n) is 7.46. The van der Waals surface area contributed by atoms with Crippen molar-refractivity contribution in [2.45, 2.75) is 39.7 Å². The third-order valence-corrected chi connectivity index (χ3v) is 2.42. The fraction of sp³-hybridized carbons (Fsp3) is 0.889. The van der Waals surface area contributed by atoms with Gasteiger partial charge >= 0.3 is 5.97 Å². The fourth-order valence-corrected chi connectivity index (χ4v) is 1.68. The molecule has 1 fully saturated rings. The molecule has 11 heavy (non-hydrogen) atoms. The van der Waals surface area contributed by atoms with Crippen LogP contribution >= 0.6 is 0 Å². The highest BCUT2D eigenvalue weighted by molar-refractivity contribution is 5.72. The molecule has 1 rings (SSSR count). The lowest BCUT2D eigenvalue weighted by atomic mass is 9.88. The van der Waals surface area contributed by atoms with Crippen molar-refractivity contribution in [1.82, 2.24) is 0 Å². The summed E-state index contributed by atoms with van der Waals surface area (Å²) in [5, 5.41) is 0. The molecule has 0 N–H and O–H groups in total. The van der Waals surface area contributed by atoms with Gasteiger partial charge in [-0.15, -0.1) is 0 Å². The third kappa shape index (κ3) is 1.73. The molecule has 64 valence electrons. The van der Waals surface area contributed by atoms with E-state index in [-0.39, 0.29) is 12.1 Å². The lowest BCUT2D eigenvalue weighted by molar-refractivity contribution is -0.141. The van der Waals surface area contributed by atoms with Crippen LogP contribution in [-0.2, 0) is 9.53 Å². The largest absolute Gasteiger partial charge is 0.462 e. The average Bonchev–Trinajstić information content (AvgIpc) is 2.30. The standard InChI is InChI=1S/C9H16O2/c1-4-8-7(6(2)3)5-9(10)11-8/h6-8H,4-5H2,1-3H3/t7-,8+/m1/s1. The second-order valence-corrected chi connectivity index (χ2v) is 3.55. The van der Waals surface area contributed by atoms with Gasteiger partial charge < -0.3 is 4.74 Å². The van der Waals surface area contributed by atoms with Gasteiger partial charge in [0.25, 0.3) is 0 Å². The maximum atomic E-state index is 10.9. The van der Waals surface area contributed by atoms with Crippen LogP contribution < -0.4 is 0 Å². The number of hydrogen-bond acceptors (Lipinski definition) is 2. The van der Waals surface area contributed by atoms with E-state index in [0.717, 1.165) is 6.42 Å². The minimum Gasteiger partial charge on any atom is -0.462 e. The highest BCUT2D eigenvalue weighted by Crippen LogP contribution is 2.30. The van der Waals surface area contributed by atoms with Gasteiger partial charge in [0, 0.05) is 5.92 Å². The maximum absolute atomic E-state index is 10.9. The molecule has 1 aliphatic heterocycles. The molecule has 2 atom stereocenters. The predicted molar refractivity (Wildman–Crippen MR) is 43.1 cm³/mol. The molecule has 2 heteroatoms. The number of carbonyl (C=O) groups is 1. The molecule has 0 aliphatic carbocycles. The van der Waals surface area contributed by atoms with Crippen LogP contribution in [0.1, 0.15) is 33.6 Å². The smallest absolute Gasteiger partial charge is 0.306 e.